The highest BCUT2D eigenvalue weighted by Crippen LogP contribution is 2.06. The van der Waals surface area contributed by atoms with Crippen molar-refractivity contribution in [3.63, 3.8) is 0 Å². The standard InChI is InChI=1S/C9H10.ClH3Si/c1-3-9-7-5-4-6-8(9)2;1-2/h3-7H,1H2,2H3;2H3. The van der Waals surface area contributed by atoms with E-state index in [4.69, 9.17) is 11.1 Å². The molecule has 0 aliphatic heterocycles. The predicted octanol–water partition coefficient (Wildman–Crippen LogP) is 2.14. The SMILES string of the molecule is C=Cc1ccccc1C.[SiH3]Cl. The van der Waals surface area contributed by atoms with Crippen molar-refractivity contribution in [3.8, 4) is 0 Å². The minimum absolute atomic E-state index is 0.778. The van der Waals surface area contributed by atoms with Crippen molar-refractivity contribution in [2.75, 3.05) is 0 Å². The van der Waals surface area contributed by atoms with E-state index in [-0.39, 0.29) is 0 Å². The molecule has 0 aliphatic carbocycles. The van der Waals surface area contributed by atoms with Gasteiger partial charge in [0.1, 0.15) is 9.55 Å². The van der Waals surface area contributed by atoms with Gasteiger partial charge in [-0.2, -0.15) is 11.1 Å². The van der Waals surface area contributed by atoms with Gasteiger partial charge in [-0.25, -0.2) is 0 Å². The fourth-order valence-corrected chi connectivity index (χ4v) is 0.816. The normalized spacial score (nSPS) is 8.18. The van der Waals surface area contributed by atoms with Gasteiger partial charge in [-0.15, -0.1) is 0 Å². The molecule has 0 amide bonds. The summed E-state index contributed by atoms with van der Waals surface area (Å²) < 4.78 is 0. The number of hydrogen-bond acceptors (Lipinski definition) is 0. The van der Waals surface area contributed by atoms with Gasteiger partial charge < -0.3 is 0 Å². The molecule has 0 fully saturated rings. The number of rotatable bonds is 1. The Morgan fingerprint density at radius 1 is 1.36 bits per heavy atom. The Kier molecular flexibility index (Phi) is 5.89. The van der Waals surface area contributed by atoms with Crippen LogP contribution in [0.2, 0.25) is 0 Å². The van der Waals surface area contributed by atoms with Crippen molar-refractivity contribution in [2.24, 2.45) is 0 Å². The molecule has 0 nitrogen and oxygen atoms in total. The van der Waals surface area contributed by atoms with Crippen molar-refractivity contribution in [1.29, 1.82) is 0 Å². The number of hydrogen-bond donors (Lipinski definition) is 0. The largest absolute Gasteiger partial charge is 0.181 e. The Bertz CT molecular complexity index is 221. The van der Waals surface area contributed by atoms with Gasteiger partial charge in [-0.1, -0.05) is 36.9 Å². The summed E-state index contributed by atoms with van der Waals surface area (Å²) >= 11 is 4.78. The molecule has 0 bridgehead atoms. The molecule has 0 atom stereocenters. The van der Waals surface area contributed by atoms with E-state index in [1.165, 1.54) is 11.1 Å². The summed E-state index contributed by atoms with van der Waals surface area (Å²) in [5.41, 5.74) is 2.50. The highest BCUT2D eigenvalue weighted by atomic mass is 35.6. The molecular formula is C9H13ClSi. The van der Waals surface area contributed by atoms with E-state index in [1.54, 1.807) is 0 Å². The zero-order chi connectivity index (χ0) is 8.69. The quantitative estimate of drug-likeness (QED) is 0.464. The molecule has 0 aromatic heterocycles. The van der Waals surface area contributed by atoms with Crippen LogP contribution in [0.4, 0.5) is 0 Å². The van der Waals surface area contributed by atoms with E-state index >= 15 is 0 Å². The van der Waals surface area contributed by atoms with Crippen LogP contribution in [0.1, 0.15) is 11.1 Å². The molecule has 1 aromatic rings. The van der Waals surface area contributed by atoms with E-state index in [1.807, 2.05) is 18.2 Å². The van der Waals surface area contributed by atoms with Gasteiger partial charge in [0.2, 0.25) is 0 Å². The zero-order valence-electron chi connectivity index (χ0n) is 6.97. The molecule has 2 heteroatoms. The Balaban J connectivity index is 0.000000461. The van der Waals surface area contributed by atoms with Crippen LogP contribution >= 0.6 is 11.1 Å². The molecule has 0 saturated carbocycles. The number of aryl methyl sites for hydroxylation is 1. The number of benzene rings is 1. The maximum atomic E-state index is 4.78. The summed E-state index contributed by atoms with van der Waals surface area (Å²) in [6, 6.07) is 8.19. The first-order valence-electron chi connectivity index (χ1n) is 3.40. The summed E-state index contributed by atoms with van der Waals surface area (Å²) in [4.78, 5) is 0. The second-order valence-electron chi connectivity index (χ2n) is 2.06. The summed E-state index contributed by atoms with van der Waals surface area (Å²) in [5, 5.41) is 0. The van der Waals surface area contributed by atoms with Gasteiger partial charge in [0.05, 0.1) is 0 Å². The first-order chi connectivity index (χ1) is 5.34. The molecule has 0 saturated heterocycles. The third kappa shape index (κ3) is 3.40. The molecule has 0 radical (unpaired) electrons. The summed E-state index contributed by atoms with van der Waals surface area (Å²) in [6.07, 6.45) is 1.87. The van der Waals surface area contributed by atoms with Crippen LogP contribution in [-0.2, 0) is 0 Å². The number of halogens is 1. The van der Waals surface area contributed by atoms with E-state index in [2.05, 4.69) is 25.6 Å². The van der Waals surface area contributed by atoms with Gasteiger partial charge in [-0.05, 0) is 18.1 Å². The van der Waals surface area contributed by atoms with Crippen LogP contribution in [0, 0.1) is 6.92 Å². The highest BCUT2D eigenvalue weighted by Gasteiger charge is 1.86. The molecule has 0 N–H and O–H groups in total. The second kappa shape index (κ2) is 6.19. The lowest BCUT2D eigenvalue weighted by Crippen LogP contribution is -1.75. The van der Waals surface area contributed by atoms with Crippen LogP contribution < -0.4 is 0 Å². The Morgan fingerprint density at radius 2 is 1.91 bits per heavy atom. The maximum absolute atomic E-state index is 4.78. The average Bonchev–Trinajstić information content (AvgIpc) is 2.09. The molecule has 0 heterocycles. The first-order valence-corrected chi connectivity index (χ1v) is 6.43. The lowest BCUT2D eigenvalue weighted by Gasteiger charge is -1.95. The zero-order valence-corrected chi connectivity index (χ0v) is 9.73. The molecule has 0 aliphatic rings. The topological polar surface area (TPSA) is 0 Å². The molecule has 11 heavy (non-hydrogen) atoms. The van der Waals surface area contributed by atoms with Gasteiger partial charge in [0.25, 0.3) is 0 Å². The Morgan fingerprint density at radius 3 is 2.27 bits per heavy atom. The van der Waals surface area contributed by atoms with Crippen molar-refractivity contribution >= 4 is 26.7 Å². The lowest BCUT2D eigenvalue weighted by molar-refractivity contribution is 1.45. The summed E-state index contributed by atoms with van der Waals surface area (Å²) in [7, 11) is 0.778. The Hall–Kier alpha value is -0.533. The minimum Gasteiger partial charge on any atom is -0.181 e. The molecular weight excluding hydrogens is 172 g/mol. The van der Waals surface area contributed by atoms with Gasteiger partial charge in [0, 0.05) is 0 Å². The monoisotopic (exact) mass is 184 g/mol. The van der Waals surface area contributed by atoms with E-state index in [0.29, 0.717) is 0 Å². The third-order valence-electron chi connectivity index (χ3n) is 1.41. The van der Waals surface area contributed by atoms with Crippen molar-refractivity contribution in [1.82, 2.24) is 0 Å². The third-order valence-corrected chi connectivity index (χ3v) is 1.41. The van der Waals surface area contributed by atoms with Gasteiger partial charge >= 0.3 is 0 Å². The molecule has 1 aromatic carbocycles. The van der Waals surface area contributed by atoms with Gasteiger partial charge in [-0.3, -0.25) is 0 Å². The smallest absolute Gasteiger partial charge is 0.109 e. The molecule has 60 valence electrons. The van der Waals surface area contributed by atoms with Crippen LogP contribution in [0.25, 0.3) is 6.08 Å². The fourth-order valence-electron chi connectivity index (χ4n) is 0.816. The van der Waals surface area contributed by atoms with Crippen molar-refractivity contribution in [3.05, 3.63) is 42.0 Å². The van der Waals surface area contributed by atoms with E-state index in [0.717, 1.165) is 9.55 Å². The molecule has 0 unspecified atom stereocenters. The molecule has 0 spiro atoms. The van der Waals surface area contributed by atoms with Crippen LogP contribution in [0.3, 0.4) is 0 Å². The van der Waals surface area contributed by atoms with Crippen LogP contribution in [0.5, 0.6) is 0 Å². The Labute approximate surface area is 76.0 Å². The first kappa shape index (κ1) is 10.5. The van der Waals surface area contributed by atoms with Crippen LogP contribution in [0.15, 0.2) is 30.8 Å². The highest BCUT2D eigenvalue weighted by molar-refractivity contribution is 6.80. The second-order valence-corrected chi connectivity index (χ2v) is 2.06. The maximum Gasteiger partial charge on any atom is 0.109 e. The average molecular weight is 185 g/mol. The van der Waals surface area contributed by atoms with Crippen molar-refractivity contribution in [2.45, 2.75) is 6.92 Å². The van der Waals surface area contributed by atoms with Crippen molar-refractivity contribution < 1.29 is 0 Å². The van der Waals surface area contributed by atoms with Crippen LogP contribution in [-0.4, -0.2) is 9.55 Å². The van der Waals surface area contributed by atoms with E-state index in [9.17, 15) is 0 Å². The van der Waals surface area contributed by atoms with Gasteiger partial charge in [0.15, 0.2) is 0 Å². The fraction of sp³-hybridized carbons (Fsp3) is 0.111. The van der Waals surface area contributed by atoms with E-state index < -0.39 is 0 Å². The minimum atomic E-state index is 0.778. The summed E-state index contributed by atoms with van der Waals surface area (Å²) in [6.45, 7) is 5.77. The lowest BCUT2D eigenvalue weighted by atomic mass is 10.1. The molecule has 1 rings (SSSR count). The predicted molar refractivity (Wildman–Crippen MR) is 57.1 cm³/mol. The summed E-state index contributed by atoms with van der Waals surface area (Å²) in [5.74, 6) is 0.